The maximum absolute atomic E-state index is 12.9. The van der Waals surface area contributed by atoms with E-state index < -0.39 is 17.7 Å². The van der Waals surface area contributed by atoms with Gasteiger partial charge >= 0.3 is 6.09 Å². The highest BCUT2D eigenvalue weighted by Crippen LogP contribution is 2.10. The molecule has 1 aromatic rings. The minimum Gasteiger partial charge on any atom is -0.445 e. The van der Waals surface area contributed by atoms with E-state index >= 15 is 0 Å². The van der Waals surface area contributed by atoms with Crippen molar-refractivity contribution in [3.8, 4) is 0 Å². The zero-order valence-electron chi connectivity index (χ0n) is 9.70. The van der Waals surface area contributed by atoms with Gasteiger partial charge in [0, 0.05) is 13.1 Å². The highest BCUT2D eigenvalue weighted by atomic mass is 19.2. The van der Waals surface area contributed by atoms with E-state index in [0.717, 1.165) is 12.1 Å². The molecule has 0 radical (unpaired) electrons. The van der Waals surface area contributed by atoms with Crippen LogP contribution in [0.3, 0.4) is 0 Å². The molecule has 1 amide bonds. The monoisotopic (exact) mass is 257 g/mol. The molecule has 0 unspecified atom stereocenters. The number of halogens is 2. The van der Waals surface area contributed by atoms with Gasteiger partial charge in [-0.3, -0.25) is 0 Å². The van der Waals surface area contributed by atoms with Crippen molar-refractivity contribution in [2.24, 2.45) is 0 Å². The summed E-state index contributed by atoms with van der Waals surface area (Å²) in [6.45, 7) is 1.86. The predicted molar refractivity (Wildman–Crippen MR) is 58.9 cm³/mol. The molecule has 0 atom stereocenters. The Morgan fingerprint density at radius 3 is 2.67 bits per heavy atom. The Morgan fingerprint density at radius 2 is 2.00 bits per heavy atom. The van der Waals surface area contributed by atoms with E-state index in [1.54, 1.807) is 0 Å². The van der Waals surface area contributed by atoms with Crippen LogP contribution in [0.25, 0.3) is 0 Å². The number of carbonyl (C=O) groups is 1. The second-order valence-electron chi connectivity index (χ2n) is 3.90. The molecule has 0 saturated carbocycles. The van der Waals surface area contributed by atoms with Gasteiger partial charge in [-0.1, -0.05) is 6.07 Å². The van der Waals surface area contributed by atoms with E-state index in [9.17, 15) is 13.6 Å². The van der Waals surface area contributed by atoms with E-state index in [4.69, 9.17) is 9.47 Å². The Bertz CT molecular complexity index is 433. The van der Waals surface area contributed by atoms with Crippen molar-refractivity contribution in [1.82, 2.24) is 4.90 Å². The molecule has 18 heavy (non-hydrogen) atoms. The van der Waals surface area contributed by atoms with Crippen molar-refractivity contribution < 1.29 is 23.0 Å². The highest BCUT2D eigenvalue weighted by molar-refractivity contribution is 5.67. The minimum atomic E-state index is -0.949. The molecule has 1 heterocycles. The van der Waals surface area contributed by atoms with Crippen LogP contribution in [0, 0.1) is 11.6 Å². The van der Waals surface area contributed by atoms with Crippen LogP contribution in [-0.2, 0) is 16.1 Å². The Kier molecular flexibility index (Phi) is 4.09. The third-order valence-corrected chi connectivity index (χ3v) is 2.62. The zero-order valence-corrected chi connectivity index (χ0v) is 9.70. The van der Waals surface area contributed by atoms with Crippen molar-refractivity contribution in [2.45, 2.75) is 6.61 Å². The third kappa shape index (κ3) is 3.16. The summed E-state index contributed by atoms with van der Waals surface area (Å²) >= 11 is 0. The first kappa shape index (κ1) is 12.8. The number of ether oxygens (including phenoxy) is 2. The van der Waals surface area contributed by atoms with E-state index in [1.165, 1.54) is 11.0 Å². The number of hydrogen-bond donors (Lipinski definition) is 0. The third-order valence-electron chi connectivity index (χ3n) is 2.62. The van der Waals surface area contributed by atoms with Gasteiger partial charge < -0.3 is 14.4 Å². The first-order valence-corrected chi connectivity index (χ1v) is 5.60. The minimum absolute atomic E-state index is 0.0760. The van der Waals surface area contributed by atoms with Crippen LogP contribution in [0.15, 0.2) is 18.2 Å². The van der Waals surface area contributed by atoms with Crippen LogP contribution < -0.4 is 0 Å². The number of morpholine rings is 1. The fourth-order valence-electron chi connectivity index (χ4n) is 1.61. The number of nitrogens with zero attached hydrogens (tertiary/aromatic N) is 1. The van der Waals surface area contributed by atoms with Crippen molar-refractivity contribution >= 4 is 6.09 Å². The lowest BCUT2D eigenvalue weighted by atomic mass is 10.2. The maximum atomic E-state index is 12.9. The Labute approximate surface area is 103 Å². The number of carbonyl (C=O) groups excluding carboxylic acids is 1. The van der Waals surface area contributed by atoms with Crippen molar-refractivity contribution in [3.63, 3.8) is 0 Å². The molecule has 0 bridgehead atoms. The molecule has 1 fully saturated rings. The second-order valence-corrected chi connectivity index (χ2v) is 3.90. The van der Waals surface area contributed by atoms with Crippen molar-refractivity contribution in [3.05, 3.63) is 35.4 Å². The smallest absolute Gasteiger partial charge is 0.410 e. The Hall–Kier alpha value is -1.69. The van der Waals surface area contributed by atoms with Gasteiger partial charge in [0.2, 0.25) is 0 Å². The van der Waals surface area contributed by atoms with Gasteiger partial charge in [0.15, 0.2) is 11.6 Å². The molecule has 0 aliphatic carbocycles. The standard InChI is InChI=1S/C12H13F2NO3/c13-10-2-1-9(7-11(10)14)8-18-12(16)15-3-5-17-6-4-15/h1-2,7H,3-6,8H2. The molecule has 0 spiro atoms. The van der Waals surface area contributed by atoms with Crippen LogP contribution in [0.4, 0.5) is 13.6 Å². The number of rotatable bonds is 2. The van der Waals surface area contributed by atoms with Crippen molar-refractivity contribution in [1.29, 1.82) is 0 Å². The number of hydrogen-bond acceptors (Lipinski definition) is 3. The summed E-state index contributed by atoms with van der Waals surface area (Å²) in [5.41, 5.74) is 0.413. The van der Waals surface area contributed by atoms with Crippen LogP contribution in [0.2, 0.25) is 0 Å². The summed E-state index contributed by atoms with van der Waals surface area (Å²) in [5.74, 6) is -1.87. The topological polar surface area (TPSA) is 38.8 Å². The summed E-state index contributed by atoms with van der Waals surface area (Å²) in [6, 6.07) is 3.40. The largest absolute Gasteiger partial charge is 0.445 e. The first-order valence-electron chi connectivity index (χ1n) is 5.60. The van der Waals surface area contributed by atoms with Crippen LogP contribution >= 0.6 is 0 Å². The molecule has 1 aromatic carbocycles. The van der Waals surface area contributed by atoms with Gasteiger partial charge in [0.25, 0.3) is 0 Å². The van der Waals surface area contributed by atoms with E-state index in [0.29, 0.717) is 31.9 Å². The van der Waals surface area contributed by atoms with Gasteiger partial charge in [-0.05, 0) is 17.7 Å². The van der Waals surface area contributed by atoms with E-state index in [2.05, 4.69) is 0 Å². The summed E-state index contributed by atoms with van der Waals surface area (Å²) in [5, 5.41) is 0. The average molecular weight is 257 g/mol. The molecule has 98 valence electrons. The molecule has 1 saturated heterocycles. The summed E-state index contributed by atoms with van der Waals surface area (Å²) in [7, 11) is 0. The quantitative estimate of drug-likeness (QED) is 0.812. The number of amides is 1. The summed E-state index contributed by atoms with van der Waals surface area (Å²) < 4.78 is 35.7. The van der Waals surface area contributed by atoms with Crippen LogP contribution in [0.1, 0.15) is 5.56 Å². The van der Waals surface area contributed by atoms with Gasteiger partial charge in [-0.2, -0.15) is 0 Å². The molecule has 0 N–H and O–H groups in total. The van der Waals surface area contributed by atoms with E-state index in [1.807, 2.05) is 0 Å². The lowest BCUT2D eigenvalue weighted by Gasteiger charge is -2.25. The molecule has 4 nitrogen and oxygen atoms in total. The molecule has 1 aliphatic rings. The average Bonchev–Trinajstić information content (AvgIpc) is 2.41. The molecule has 6 heteroatoms. The molecule has 1 aliphatic heterocycles. The van der Waals surface area contributed by atoms with Gasteiger partial charge in [0.05, 0.1) is 13.2 Å². The highest BCUT2D eigenvalue weighted by Gasteiger charge is 2.18. The Morgan fingerprint density at radius 1 is 1.28 bits per heavy atom. The molecule has 2 rings (SSSR count). The van der Waals surface area contributed by atoms with Crippen molar-refractivity contribution in [2.75, 3.05) is 26.3 Å². The summed E-state index contributed by atoms with van der Waals surface area (Å²) in [6.07, 6.45) is -0.469. The predicted octanol–water partition coefficient (Wildman–Crippen LogP) is 1.93. The fourth-order valence-corrected chi connectivity index (χ4v) is 1.61. The van der Waals surface area contributed by atoms with Gasteiger partial charge in [-0.25, -0.2) is 13.6 Å². The molecule has 0 aromatic heterocycles. The lowest BCUT2D eigenvalue weighted by molar-refractivity contribution is 0.0249. The second kappa shape index (κ2) is 5.77. The zero-order chi connectivity index (χ0) is 13.0. The van der Waals surface area contributed by atoms with E-state index in [-0.39, 0.29) is 6.61 Å². The van der Waals surface area contributed by atoms with Gasteiger partial charge in [0.1, 0.15) is 6.61 Å². The fraction of sp³-hybridized carbons (Fsp3) is 0.417. The van der Waals surface area contributed by atoms with Gasteiger partial charge in [-0.15, -0.1) is 0 Å². The Balaban J connectivity index is 1.86. The number of benzene rings is 1. The normalized spacial score (nSPS) is 15.6. The maximum Gasteiger partial charge on any atom is 0.410 e. The first-order chi connectivity index (χ1) is 8.66. The molecular weight excluding hydrogens is 244 g/mol. The molecular formula is C12H13F2NO3. The van der Waals surface area contributed by atoms with Crippen LogP contribution in [0.5, 0.6) is 0 Å². The SMILES string of the molecule is O=C(OCc1ccc(F)c(F)c1)N1CCOCC1. The van der Waals surface area contributed by atoms with Crippen LogP contribution in [-0.4, -0.2) is 37.3 Å². The summed E-state index contributed by atoms with van der Waals surface area (Å²) in [4.78, 5) is 13.1. The lowest BCUT2D eigenvalue weighted by Crippen LogP contribution is -2.40.